The van der Waals surface area contributed by atoms with Gasteiger partial charge in [0.15, 0.2) is 0 Å². The number of ether oxygens (including phenoxy) is 1. The predicted octanol–water partition coefficient (Wildman–Crippen LogP) is 0.545. The molecule has 0 unspecified atom stereocenters. The molecule has 6 heteroatoms. The third kappa shape index (κ3) is 3.64. The summed E-state index contributed by atoms with van der Waals surface area (Å²) in [6.07, 6.45) is 0. The van der Waals surface area contributed by atoms with Crippen LogP contribution in [0.2, 0.25) is 0 Å². The quantitative estimate of drug-likeness (QED) is 0.629. The summed E-state index contributed by atoms with van der Waals surface area (Å²) in [7, 11) is 0. The molecule has 0 aromatic carbocycles. The summed E-state index contributed by atoms with van der Waals surface area (Å²) in [5.74, 6) is 0.873. The van der Waals surface area contributed by atoms with Crippen molar-refractivity contribution in [2.45, 2.75) is 13.5 Å². The first-order valence-corrected chi connectivity index (χ1v) is 5.75. The average molecular weight is 276 g/mol. The summed E-state index contributed by atoms with van der Waals surface area (Å²) in [6, 6.07) is 1.32. The fraction of sp³-hybridized carbons (Fsp3) is 0.556. The van der Waals surface area contributed by atoms with Crippen LogP contribution >= 0.6 is 15.9 Å². The predicted molar refractivity (Wildman–Crippen MR) is 62.3 cm³/mol. The summed E-state index contributed by atoms with van der Waals surface area (Å²) in [5.41, 5.74) is 5.31. The van der Waals surface area contributed by atoms with Crippen LogP contribution < -0.4 is 11.3 Å². The normalized spacial score (nSPS) is 10.5. The minimum absolute atomic E-state index is 0.137. The largest absolute Gasteiger partial charge is 0.383 e. The molecular formula is C9H14BrN3O2. The molecule has 0 bridgehead atoms. The first-order valence-electron chi connectivity index (χ1n) is 4.63. The van der Waals surface area contributed by atoms with Gasteiger partial charge in [-0.1, -0.05) is 15.9 Å². The number of hydrogen-bond acceptors (Lipinski definition) is 4. The van der Waals surface area contributed by atoms with Crippen LogP contribution in [0.15, 0.2) is 10.9 Å². The highest BCUT2D eigenvalue weighted by Gasteiger charge is 2.02. The topological polar surface area (TPSA) is 70.1 Å². The van der Waals surface area contributed by atoms with E-state index in [1.54, 1.807) is 11.5 Å². The van der Waals surface area contributed by atoms with Crippen molar-refractivity contribution >= 4 is 21.7 Å². The van der Waals surface area contributed by atoms with Gasteiger partial charge in [-0.2, -0.15) is 0 Å². The van der Waals surface area contributed by atoms with Crippen molar-refractivity contribution in [2.75, 3.05) is 24.3 Å². The molecule has 0 saturated carbocycles. The molecule has 1 aromatic heterocycles. The molecule has 84 valence electrons. The Hall–Kier alpha value is -0.880. The minimum Gasteiger partial charge on any atom is -0.383 e. The molecule has 5 nitrogen and oxygen atoms in total. The number of aromatic nitrogens is 2. The Morgan fingerprint density at radius 2 is 2.33 bits per heavy atom. The first kappa shape index (κ1) is 12.2. The van der Waals surface area contributed by atoms with Gasteiger partial charge in [0.25, 0.3) is 5.56 Å². The van der Waals surface area contributed by atoms with Gasteiger partial charge in [-0.3, -0.25) is 9.36 Å². The van der Waals surface area contributed by atoms with E-state index in [1.165, 1.54) is 6.07 Å². The van der Waals surface area contributed by atoms with Gasteiger partial charge >= 0.3 is 0 Å². The number of hydrogen-bond donors (Lipinski definition) is 1. The van der Waals surface area contributed by atoms with Gasteiger partial charge in [0.2, 0.25) is 0 Å². The number of nitrogen functional groups attached to an aromatic ring is 1. The lowest BCUT2D eigenvalue weighted by Gasteiger charge is -2.09. The minimum atomic E-state index is -0.137. The van der Waals surface area contributed by atoms with Crippen LogP contribution in [0.3, 0.4) is 0 Å². The molecule has 0 spiro atoms. The third-order valence-electron chi connectivity index (χ3n) is 1.90. The van der Waals surface area contributed by atoms with Crippen molar-refractivity contribution in [3.8, 4) is 0 Å². The summed E-state index contributed by atoms with van der Waals surface area (Å²) in [4.78, 5) is 15.5. The lowest BCUT2D eigenvalue weighted by Crippen LogP contribution is -2.25. The molecule has 0 atom stereocenters. The lowest BCUT2D eigenvalue weighted by atomic mass is 10.5. The van der Waals surface area contributed by atoms with E-state index in [1.807, 2.05) is 0 Å². The fourth-order valence-corrected chi connectivity index (χ4v) is 1.46. The van der Waals surface area contributed by atoms with Gasteiger partial charge in [-0.15, -0.1) is 0 Å². The maximum atomic E-state index is 11.5. The van der Waals surface area contributed by atoms with Crippen LogP contribution in [0.1, 0.15) is 5.82 Å². The Labute approximate surface area is 96.4 Å². The van der Waals surface area contributed by atoms with Gasteiger partial charge in [0.05, 0.1) is 19.8 Å². The second-order valence-electron chi connectivity index (χ2n) is 3.02. The van der Waals surface area contributed by atoms with E-state index in [9.17, 15) is 4.79 Å². The average Bonchev–Trinajstić information content (AvgIpc) is 2.15. The standard InChI is InChI=1S/C9H14BrN3O2/c1-7-12-8(11)6-9(14)13(7)3-5-15-4-2-10/h6H,2-5,11H2,1H3. The number of rotatable bonds is 5. The summed E-state index contributed by atoms with van der Waals surface area (Å²) in [5, 5.41) is 0.793. The lowest BCUT2D eigenvalue weighted by molar-refractivity contribution is 0.140. The summed E-state index contributed by atoms with van der Waals surface area (Å²) < 4.78 is 6.81. The monoisotopic (exact) mass is 275 g/mol. The molecular weight excluding hydrogens is 262 g/mol. The number of aryl methyl sites for hydroxylation is 1. The molecule has 0 saturated heterocycles. The van der Waals surface area contributed by atoms with Crippen molar-refractivity contribution in [3.63, 3.8) is 0 Å². The SMILES string of the molecule is Cc1nc(N)cc(=O)n1CCOCCBr. The van der Waals surface area contributed by atoms with Crippen LogP contribution in [0.25, 0.3) is 0 Å². The van der Waals surface area contributed by atoms with E-state index in [4.69, 9.17) is 10.5 Å². The molecule has 0 radical (unpaired) electrons. The molecule has 0 aliphatic heterocycles. The second-order valence-corrected chi connectivity index (χ2v) is 3.81. The van der Waals surface area contributed by atoms with E-state index >= 15 is 0 Å². The molecule has 0 aliphatic rings. The Morgan fingerprint density at radius 1 is 1.60 bits per heavy atom. The van der Waals surface area contributed by atoms with Crippen LogP contribution in [0.4, 0.5) is 5.82 Å². The molecule has 1 rings (SSSR count). The van der Waals surface area contributed by atoms with E-state index in [0.29, 0.717) is 25.6 Å². The Morgan fingerprint density at radius 3 is 2.93 bits per heavy atom. The van der Waals surface area contributed by atoms with Crippen molar-refractivity contribution in [1.82, 2.24) is 9.55 Å². The molecule has 1 heterocycles. The number of nitrogens with zero attached hydrogens (tertiary/aromatic N) is 2. The second kappa shape index (κ2) is 5.87. The van der Waals surface area contributed by atoms with Crippen LogP contribution in [0.5, 0.6) is 0 Å². The van der Waals surface area contributed by atoms with Gasteiger partial charge in [-0.25, -0.2) is 4.98 Å². The van der Waals surface area contributed by atoms with Gasteiger partial charge in [0, 0.05) is 11.4 Å². The van der Waals surface area contributed by atoms with Crippen LogP contribution in [-0.2, 0) is 11.3 Å². The van der Waals surface area contributed by atoms with Crippen molar-refractivity contribution in [2.24, 2.45) is 0 Å². The highest BCUT2D eigenvalue weighted by Crippen LogP contribution is 1.95. The highest BCUT2D eigenvalue weighted by atomic mass is 79.9. The molecule has 1 aromatic rings. The van der Waals surface area contributed by atoms with Crippen LogP contribution in [0, 0.1) is 6.92 Å². The van der Waals surface area contributed by atoms with Crippen LogP contribution in [-0.4, -0.2) is 28.1 Å². The molecule has 2 N–H and O–H groups in total. The maximum Gasteiger partial charge on any atom is 0.255 e. The maximum absolute atomic E-state index is 11.5. The zero-order valence-electron chi connectivity index (χ0n) is 8.57. The van der Waals surface area contributed by atoms with E-state index < -0.39 is 0 Å². The van der Waals surface area contributed by atoms with E-state index in [0.717, 1.165) is 5.33 Å². The molecule has 15 heavy (non-hydrogen) atoms. The first-order chi connectivity index (χ1) is 7.15. The van der Waals surface area contributed by atoms with E-state index in [-0.39, 0.29) is 11.4 Å². The molecule has 0 fully saturated rings. The number of nitrogens with two attached hydrogens (primary N) is 1. The highest BCUT2D eigenvalue weighted by molar-refractivity contribution is 9.09. The smallest absolute Gasteiger partial charge is 0.255 e. The molecule has 0 amide bonds. The van der Waals surface area contributed by atoms with Crippen molar-refractivity contribution in [3.05, 3.63) is 22.2 Å². The number of alkyl halides is 1. The Kier molecular flexibility index (Phi) is 4.77. The van der Waals surface area contributed by atoms with Gasteiger partial charge < -0.3 is 10.5 Å². The Bertz CT molecular complexity index is 378. The zero-order chi connectivity index (χ0) is 11.3. The van der Waals surface area contributed by atoms with E-state index in [2.05, 4.69) is 20.9 Å². The fourth-order valence-electron chi connectivity index (χ4n) is 1.23. The Balaban J connectivity index is 2.65. The molecule has 0 aliphatic carbocycles. The summed E-state index contributed by atoms with van der Waals surface area (Å²) >= 11 is 3.25. The van der Waals surface area contributed by atoms with Crippen molar-refractivity contribution in [1.29, 1.82) is 0 Å². The van der Waals surface area contributed by atoms with Gasteiger partial charge in [0.1, 0.15) is 11.6 Å². The number of anilines is 1. The third-order valence-corrected chi connectivity index (χ3v) is 2.22. The van der Waals surface area contributed by atoms with Gasteiger partial charge in [-0.05, 0) is 6.92 Å². The van der Waals surface area contributed by atoms with Crippen molar-refractivity contribution < 1.29 is 4.74 Å². The number of halogens is 1. The summed E-state index contributed by atoms with van der Waals surface area (Å²) in [6.45, 7) is 3.39. The zero-order valence-corrected chi connectivity index (χ0v) is 10.2.